The Labute approximate surface area is 137 Å². The Morgan fingerprint density at radius 2 is 2.00 bits per heavy atom. The Hall–Kier alpha value is -1.11. The number of hydrogen-bond acceptors (Lipinski definition) is 3. The number of nitrogens with one attached hydrogen (secondary N) is 1. The fraction of sp³-hybridized carbons (Fsp3) is 0.533. The van der Waals surface area contributed by atoms with Crippen molar-refractivity contribution in [2.75, 3.05) is 19.3 Å². The van der Waals surface area contributed by atoms with E-state index in [-0.39, 0.29) is 25.4 Å². The summed E-state index contributed by atoms with van der Waals surface area (Å²) in [6, 6.07) is 7.09. The highest BCUT2D eigenvalue weighted by Gasteiger charge is 2.19. The van der Waals surface area contributed by atoms with E-state index in [2.05, 4.69) is 5.32 Å². The molecule has 5 nitrogen and oxygen atoms in total. The highest BCUT2D eigenvalue weighted by Crippen LogP contribution is 2.18. The van der Waals surface area contributed by atoms with Gasteiger partial charge in [-0.15, -0.1) is 0 Å². The average Bonchev–Trinajstić information content (AvgIpc) is 2.44. The molecule has 0 unspecified atom stereocenters. The molecule has 0 fully saturated rings. The number of benzene rings is 1. The molecule has 0 bridgehead atoms. The van der Waals surface area contributed by atoms with Gasteiger partial charge in [0.2, 0.25) is 15.9 Å². The van der Waals surface area contributed by atoms with Gasteiger partial charge >= 0.3 is 0 Å². The number of rotatable bonds is 9. The second-order valence-electron chi connectivity index (χ2n) is 5.14. The normalized spacial score (nSPS) is 11.6. The van der Waals surface area contributed by atoms with Gasteiger partial charge in [0.1, 0.15) is 0 Å². The summed E-state index contributed by atoms with van der Waals surface area (Å²) in [7, 11) is -3.41. The van der Waals surface area contributed by atoms with Gasteiger partial charge in [0.15, 0.2) is 0 Å². The van der Waals surface area contributed by atoms with Crippen LogP contribution in [0.4, 0.5) is 0 Å². The Morgan fingerprint density at radius 3 is 2.59 bits per heavy atom. The largest absolute Gasteiger partial charge is 0.356 e. The smallest absolute Gasteiger partial charge is 0.221 e. The lowest BCUT2D eigenvalue weighted by Gasteiger charge is -2.20. The molecule has 0 aliphatic rings. The van der Waals surface area contributed by atoms with Crippen LogP contribution < -0.4 is 5.32 Å². The summed E-state index contributed by atoms with van der Waals surface area (Å²) in [4.78, 5) is 11.7. The standard InChI is InChI=1S/C15H23ClN2O3S/c1-3-4-10-17-15(19)9-11-18(22(2,20)21)12-13-7-5-6-8-14(13)16/h5-8H,3-4,9-12H2,1-2H3,(H,17,19). The summed E-state index contributed by atoms with van der Waals surface area (Å²) in [5, 5.41) is 3.30. The number of sulfonamides is 1. The Morgan fingerprint density at radius 1 is 1.32 bits per heavy atom. The molecular weight excluding hydrogens is 324 g/mol. The second kappa shape index (κ2) is 9.12. The monoisotopic (exact) mass is 346 g/mol. The van der Waals surface area contributed by atoms with Crippen molar-refractivity contribution in [2.24, 2.45) is 0 Å². The molecule has 1 N–H and O–H groups in total. The van der Waals surface area contributed by atoms with Gasteiger partial charge in [-0.2, -0.15) is 4.31 Å². The molecule has 1 aromatic rings. The van der Waals surface area contributed by atoms with E-state index in [1.807, 2.05) is 6.92 Å². The third-order valence-electron chi connectivity index (χ3n) is 3.21. The minimum atomic E-state index is -3.41. The molecule has 7 heteroatoms. The van der Waals surface area contributed by atoms with E-state index in [0.717, 1.165) is 24.7 Å². The zero-order valence-corrected chi connectivity index (χ0v) is 14.6. The Kier molecular flexibility index (Phi) is 7.85. The van der Waals surface area contributed by atoms with Crippen molar-refractivity contribution in [3.63, 3.8) is 0 Å². The molecular formula is C15H23ClN2O3S. The molecule has 1 rings (SSSR count). The molecule has 124 valence electrons. The Balaban J connectivity index is 2.63. The number of nitrogens with zero attached hydrogens (tertiary/aromatic N) is 1. The van der Waals surface area contributed by atoms with E-state index in [1.54, 1.807) is 24.3 Å². The lowest BCUT2D eigenvalue weighted by atomic mass is 10.2. The zero-order chi connectivity index (χ0) is 16.6. The number of hydrogen-bond donors (Lipinski definition) is 1. The fourth-order valence-corrected chi connectivity index (χ4v) is 2.89. The van der Waals surface area contributed by atoms with Crippen LogP contribution in [0.3, 0.4) is 0 Å². The van der Waals surface area contributed by atoms with Crippen molar-refractivity contribution < 1.29 is 13.2 Å². The second-order valence-corrected chi connectivity index (χ2v) is 7.53. The number of carbonyl (C=O) groups is 1. The van der Waals surface area contributed by atoms with Crippen molar-refractivity contribution in [1.82, 2.24) is 9.62 Å². The van der Waals surface area contributed by atoms with Gasteiger partial charge in [0, 0.05) is 31.1 Å². The molecule has 1 aromatic carbocycles. The summed E-state index contributed by atoms with van der Waals surface area (Å²) in [5.41, 5.74) is 0.723. The van der Waals surface area contributed by atoms with E-state index in [0.29, 0.717) is 11.6 Å². The number of halogens is 1. The number of amides is 1. The van der Waals surface area contributed by atoms with Gasteiger partial charge in [-0.25, -0.2) is 8.42 Å². The maximum absolute atomic E-state index is 11.9. The summed E-state index contributed by atoms with van der Waals surface area (Å²) in [5.74, 6) is -0.138. The van der Waals surface area contributed by atoms with E-state index in [1.165, 1.54) is 4.31 Å². The van der Waals surface area contributed by atoms with Crippen LogP contribution in [-0.2, 0) is 21.4 Å². The van der Waals surface area contributed by atoms with Crippen LogP contribution in [-0.4, -0.2) is 38.0 Å². The summed E-state index contributed by atoms with van der Waals surface area (Å²) < 4.78 is 25.0. The molecule has 0 aromatic heterocycles. The van der Waals surface area contributed by atoms with Crippen LogP contribution in [0.15, 0.2) is 24.3 Å². The Bertz CT molecular complexity index is 590. The van der Waals surface area contributed by atoms with Crippen LogP contribution in [0.25, 0.3) is 0 Å². The molecule has 0 spiro atoms. The van der Waals surface area contributed by atoms with Crippen molar-refractivity contribution in [1.29, 1.82) is 0 Å². The zero-order valence-electron chi connectivity index (χ0n) is 13.0. The minimum Gasteiger partial charge on any atom is -0.356 e. The van der Waals surface area contributed by atoms with Crippen LogP contribution >= 0.6 is 11.6 Å². The van der Waals surface area contributed by atoms with Crippen LogP contribution in [0, 0.1) is 0 Å². The molecule has 22 heavy (non-hydrogen) atoms. The van der Waals surface area contributed by atoms with Crippen molar-refractivity contribution in [3.8, 4) is 0 Å². The minimum absolute atomic E-state index is 0.138. The molecule has 0 heterocycles. The van der Waals surface area contributed by atoms with Crippen molar-refractivity contribution in [2.45, 2.75) is 32.7 Å². The van der Waals surface area contributed by atoms with E-state index < -0.39 is 10.0 Å². The van der Waals surface area contributed by atoms with E-state index in [9.17, 15) is 13.2 Å². The highest BCUT2D eigenvalue weighted by atomic mass is 35.5. The maximum Gasteiger partial charge on any atom is 0.221 e. The summed E-state index contributed by atoms with van der Waals surface area (Å²) in [6.07, 6.45) is 3.20. The average molecular weight is 347 g/mol. The number of unbranched alkanes of at least 4 members (excludes halogenated alkanes) is 1. The first-order valence-electron chi connectivity index (χ1n) is 7.29. The fourth-order valence-electron chi connectivity index (χ4n) is 1.90. The predicted octanol–water partition coefficient (Wildman–Crippen LogP) is 2.41. The number of carbonyl (C=O) groups excluding carboxylic acids is 1. The van der Waals surface area contributed by atoms with E-state index >= 15 is 0 Å². The van der Waals surface area contributed by atoms with Gasteiger partial charge in [-0.05, 0) is 18.1 Å². The van der Waals surface area contributed by atoms with Crippen molar-refractivity contribution in [3.05, 3.63) is 34.9 Å². The third-order valence-corrected chi connectivity index (χ3v) is 4.83. The summed E-state index contributed by atoms with van der Waals surface area (Å²) in [6.45, 7) is 2.97. The molecule has 1 amide bonds. The van der Waals surface area contributed by atoms with Crippen LogP contribution in [0.1, 0.15) is 31.7 Å². The third kappa shape index (κ3) is 6.77. The van der Waals surface area contributed by atoms with Gasteiger partial charge in [0.25, 0.3) is 0 Å². The molecule has 0 saturated carbocycles. The molecule has 0 saturated heterocycles. The lowest BCUT2D eigenvalue weighted by molar-refractivity contribution is -0.121. The first-order chi connectivity index (χ1) is 10.3. The lowest BCUT2D eigenvalue weighted by Crippen LogP contribution is -2.34. The van der Waals surface area contributed by atoms with Crippen molar-refractivity contribution >= 4 is 27.5 Å². The topological polar surface area (TPSA) is 66.5 Å². The van der Waals surface area contributed by atoms with Gasteiger partial charge in [-0.3, -0.25) is 4.79 Å². The SMILES string of the molecule is CCCCNC(=O)CCN(Cc1ccccc1Cl)S(C)(=O)=O. The summed E-state index contributed by atoms with van der Waals surface area (Å²) >= 11 is 6.06. The van der Waals surface area contributed by atoms with Gasteiger partial charge < -0.3 is 5.32 Å². The molecule has 0 atom stereocenters. The first-order valence-corrected chi connectivity index (χ1v) is 9.52. The van der Waals surface area contributed by atoms with E-state index in [4.69, 9.17) is 11.6 Å². The molecule has 0 aliphatic heterocycles. The first kappa shape index (κ1) is 18.9. The van der Waals surface area contributed by atoms with Gasteiger partial charge in [-0.1, -0.05) is 43.1 Å². The predicted molar refractivity (Wildman–Crippen MR) is 89.2 cm³/mol. The molecule has 0 radical (unpaired) electrons. The van der Waals surface area contributed by atoms with Gasteiger partial charge in [0.05, 0.1) is 6.26 Å². The van der Waals surface area contributed by atoms with Crippen LogP contribution in [0.5, 0.6) is 0 Å². The quantitative estimate of drug-likeness (QED) is 0.698. The highest BCUT2D eigenvalue weighted by molar-refractivity contribution is 7.88. The molecule has 0 aliphatic carbocycles. The maximum atomic E-state index is 11.9. The van der Waals surface area contributed by atoms with Crippen LogP contribution in [0.2, 0.25) is 5.02 Å².